The molecule has 0 bridgehead atoms. The molecule has 0 aliphatic rings. The fourth-order valence-electron chi connectivity index (χ4n) is 2.98. The van der Waals surface area contributed by atoms with Crippen LogP contribution in [0.15, 0.2) is 80.4 Å². The third-order valence-corrected chi connectivity index (χ3v) is 5.94. The molecule has 0 atom stereocenters. The van der Waals surface area contributed by atoms with E-state index in [2.05, 4.69) is 26.0 Å². The van der Waals surface area contributed by atoms with E-state index in [1.807, 2.05) is 72.8 Å². The average Bonchev–Trinajstić information content (AvgIpc) is 3.46. The number of furan rings is 1. The second-order valence-electron chi connectivity index (χ2n) is 6.53. The number of nitrogens with zero attached hydrogens (tertiary/aromatic N) is 3. The summed E-state index contributed by atoms with van der Waals surface area (Å²) in [5, 5.41) is 4.31. The number of halogens is 1. The van der Waals surface area contributed by atoms with E-state index < -0.39 is 0 Å². The van der Waals surface area contributed by atoms with Gasteiger partial charge in [0.2, 0.25) is 4.96 Å². The zero-order valence-corrected chi connectivity index (χ0v) is 17.9. The number of aromatic nitrogens is 3. The Labute approximate surface area is 183 Å². The Kier molecular flexibility index (Phi) is 4.90. The van der Waals surface area contributed by atoms with Gasteiger partial charge in [0.25, 0.3) is 5.56 Å². The van der Waals surface area contributed by atoms with Crippen molar-refractivity contribution in [3.63, 3.8) is 0 Å². The highest BCUT2D eigenvalue weighted by Gasteiger charge is 2.10. The van der Waals surface area contributed by atoms with Gasteiger partial charge in [-0.05, 0) is 35.9 Å². The van der Waals surface area contributed by atoms with Crippen molar-refractivity contribution in [3.8, 4) is 11.3 Å². The molecule has 0 fully saturated rings. The molecule has 30 heavy (non-hydrogen) atoms. The number of benzene rings is 2. The summed E-state index contributed by atoms with van der Waals surface area (Å²) in [5.41, 5.74) is 1.81. The highest BCUT2D eigenvalue weighted by Crippen LogP contribution is 2.24. The molecule has 0 aliphatic carbocycles. The standard InChI is InChI=1S/C23H14BrN3O2S/c24-17-9-7-16(8-10-17)19-12-11-18(29-19)14-20-22(28)27-23(30-20)25-21(26-27)13-6-15-4-2-1-3-5-15/h1-14H/b13-6+,20-14-. The average molecular weight is 476 g/mol. The van der Waals surface area contributed by atoms with E-state index in [4.69, 9.17) is 4.42 Å². The SMILES string of the molecule is O=c1/c(=C/c2ccc(-c3ccc(Br)cc3)o2)sc2nc(/C=C/c3ccccc3)nn12. The molecule has 5 aromatic rings. The van der Waals surface area contributed by atoms with Crippen LogP contribution < -0.4 is 10.1 Å². The van der Waals surface area contributed by atoms with Crippen molar-refractivity contribution in [2.45, 2.75) is 0 Å². The second kappa shape index (κ2) is 7.85. The Hall–Kier alpha value is -3.29. The molecule has 2 aromatic carbocycles. The lowest BCUT2D eigenvalue weighted by molar-refractivity contribution is 0.571. The van der Waals surface area contributed by atoms with Crippen molar-refractivity contribution in [1.82, 2.24) is 14.6 Å². The van der Waals surface area contributed by atoms with Gasteiger partial charge < -0.3 is 4.42 Å². The van der Waals surface area contributed by atoms with Crippen LogP contribution in [0.25, 0.3) is 34.5 Å². The minimum atomic E-state index is -0.205. The van der Waals surface area contributed by atoms with E-state index in [-0.39, 0.29) is 5.56 Å². The van der Waals surface area contributed by atoms with Gasteiger partial charge in [-0.25, -0.2) is 0 Å². The third kappa shape index (κ3) is 3.77. The van der Waals surface area contributed by atoms with Gasteiger partial charge in [-0.2, -0.15) is 9.50 Å². The van der Waals surface area contributed by atoms with Crippen molar-refractivity contribution in [3.05, 3.63) is 103 Å². The molecule has 0 spiro atoms. The summed E-state index contributed by atoms with van der Waals surface area (Å²) in [4.78, 5) is 17.7. The number of hydrogen-bond acceptors (Lipinski definition) is 5. The molecular formula is C23H14BrN3O2S. The third-order valence-electron chi connectivity index (χ3n) is 4.45. The summed E-state index contributed by atoms with van der Waals surface area (Å²) < 4.78 is 8.76. The maximum atomic E-state index is 12.7. The van der Waals surface area contributed by atoms with Gasteiger partial charge >= 0.3 is 0 Å². The fourth-order valence-corrected chi connectivity index (χ4v) is 4.14. The van der Waals surface area contributed by atoms with Crippen LogP contribution in [0.3, 0.4) is 0 Å². The van der Waals surface area contributed by atoms with Gasteiger partial charge in [-0.3, -0.25) is 4.79 Å². The Morgan fingerprint density at radius 2 is 1.77 bits per heavy atom. The topological polar surface area (TPSA) is 60.4 Å². The van der Waals surface area contributed by atoms with Crippen molar-refractivity contribution in [2.24, 2.45) is 0 Å². The molecule has 3 aromatic heterocycles. The fraction of sp³-hybridized carbons (Fsp3) is 0. The molecule has 0 N–H and O–H groups in total. The molecule has 5 nitrogen and oxygen atoms in total. The number of thiazole rings is 1. The lowest BCUT2D eigenvalue weighted by Crippen LogP contribution is -2.23. The smallest absolute Gasteiger partial charge is 0.291 e. The predicted molar refractivity (Wildman–Crippen MR) is 123 cm³/mol. The molecule has 0 unspecified atom stereocenters. The van der Waals surface area contributed by atoms with Crippen LogP contribution in [0, 0.1) is 0 Å². The minimum absolute atomic E-state index is 0.205. The Morgan fingerprint density at radius 3 is 2.53 bits per heavy atom. The first-order valence-electron chi connectivity index (χ1n) is 9.16. The first-order chi connectivity index (χ1) is 14.7. The number of hydrogen-bond donors (Lipinski definition) is 0. The van der Waals surface area contributed by atoms with Gasteiger partial charge in [0.1, 0.15) is 16.1 Å². The van der Waals surface area contributed by atoms with E-state index in [0.29, 0.717) is 21.1 Å². The summed E-state index contributed by atoms with van der Waals surface area (Å²) in [7, 11) is 0. The number of fused-ring (bicyclic) bond motifs is 1. The molecule has 3 heterocycles. The van der Waals surface area contributed by atoms with Crippen molar-refractivity contribution >= 4 is 50.5 Å². The normalized spacial score (nSPS) is 12.4. The molecule has 146 valence electrons. The molecule has 0 saturated heterocycles. The Morgan fingerprint density at radius 1 is 0.967 bits per heavy atom. The van der Waals surface area contributed by atoms with Crippen molar-refractivity contribution in [2.75, 3.05) is 0 Å². The van der Waals surface area contributed by atoms with Crippen LogP contribution in [-0.2, 0) is 0 Å². The second-order valence-corrected chi connectivity index (χ2v) is 8.46. The zero-order valence-electron chi connectivity index (χ0n) is 15.5. The summed E-state index contributed by atoms with van der Waals surface area (Å²) >= 11 is 4.72. The van der Waals surface area contributed by atoms with Crippen LogP contribution in [0.5, 0.6) is 0 Å². The van der Waals surface area contributed by atoms with E-state index in [1.54, 1.807) is 12.2 Å². The van der Waals surface area contributed by atoms with Crippen molar-refractivity contribution in [1.29, 1.82) is 0 Å². The maximum Gasteiger partial charge on any atom is 0.291 e. The van der Waals surface area contributed by atoms with Gasteiger partial charge in [-0.15, -0.1) is 5.10 Å². The van der Waals surface area contributed by atoms with Gasteiger partial charge in [0.05, 0.1) is 0 Å². The summed E-state index contributed by atoms with van der Waals surface area (Å²) in [5.74, 6) is 1.86. The summed E-state index contributed by atoms with van der Waals surface area (Å²) in [6.45, 7) is 0. The van der Waals surface area contributed by atoms with E-state index in [0.717, 1.165) is 21.4 Å². The summed E-state index contributed by atoms with van der Waals surface area (Å²) in [6.07, 6.45) is 5.45. The highest BCUT2D eigenvalue weighted by atomic mass is 79.9. The predicted octanol–water partition coefficient (Wildman–Crippen LogP) is 4.89. The molecule has 0 radical (unpaired) electrons. The first-order valence-corrected chi connectivity index (χ1v) is 10.8. The van der Waals surface area contributed by atoms with Gasteiger partial charge in [0, 0.05) is 16.1 Å². The van der Waals surface area contributed by atoms with Crippen LogP contribution in [0.1, 0.15) is 17.1 Å². The lowest BCUT2D eigenvalue weighted by Gasteiger charge is -1.96. The van der Waals surface area contributed by atoms with Crippen LogP contribution in [-0.4, -0.2) is 14.6 Å². The zero-order chi connectivity index (χ0) is 20.5. The van der Waals surface area contributed by atoms with E-state index >= 15 is 0 Å². The molecule has 7 heteroatoms. The molecular weight excluding hydrogens is 462 g/mol. The molecule has 0 amide bonds. The Bertz CT molecular complexity index is 1460. The molecule has 0 saturated carbocycles. The van der Waals surface area contributed by atoms with E-state index in [1.165, 1.54) is 15.9 Å². The van der Waals surface area contributed by atoms with Crippen LogP contribution in [0.4, 0.5) is 0 Å². The number of rotatable bonds is 4. The van der Waals surface area contributed by atoms with Gasteiger partial charge in [0.15, 0.2) is 5.82 Å². The molecule has 0 aliphatic heterocycles. The first kappa shape index (κ1) is 18.7. The summed E-state index contributed by atoms with van der Waals surface area (Å²) in [6, 6.07) is 21.5. The maximum absolute atomic E-state index is 12.7. The lowest BCUT2D eigenvalue weighted by atomic mass is 10.2. The molecule has 5 rings (SSSR count). The van der Waals surface area contributed by atoms with Crippen molar-refractivity contribution < 1.29 is 4.42 Å². The monoisotopic (exact) mass is 475 g/mol. The van der Waals surface area contributed by atoms with Crippen LogP contribution >= 0.6 is 27.3 Å². The highest BCUT2D eigenvalue weighted by molar-refractivity contribution is 9.10. The minimum Gasteiger partial charge on any atom is -0.457 e. The Balaban J connectivity index is 1.44. The van der Waals surface area contributed by atoms with Crippen LogP contribution in [0.2, 0.25) is 0 Å². The van der Waals surface area contributed by atoms with E-state index in [9.17, 15) is 4.79 Å². The van der Waals surface area contributed by atoms with Gasteiger partial charge in [-0.1, -0.05) is 75.8 Å². The largest absolute Gasteiger partial charge is 0.457 e. The quantitative estimate of drug-likeness (QED) is 0.371.